The van der Waals surface area contributed by atoms with Gasteiger partial charge in [-0.05, 0) is 73.9 Å². The molecule has 0 aromatic heterocycles. The van der Waals surface area contributed by atoms with Gasteiger partial charge in [0.1, 0.15) is 0 Å². The largest absolute Gasteiger partial charge is 0.372 e. The van der Waals surface area contributed by atoms with E-state index in [1.807, 2.05) is 0 Å². The summed E-state index contributed by atoms with van der Waals surface area (Å²) in [5, 5.41) is 0. The summed E-state index contributed by atoms with van der Waals surface area (Å²) in [6, 6.07) is 0. The van der Waals surface area contributed by atoms with Gasteiger partial charge in [0.25, 0.3) is 0 Å². The number of ether oxygens (including phenoxy) is 1. The van der Waals surface area contributed by atoms with Gasteiger partial charge in [0.2, 0.25) is 0 Å². The Balaban J connectivity index is 1.37. The lowest BCUT2D eigenvalue weighted by molar-refractivity contribution is -0.142. The fraction of sp³-hybridized carbons (Fsp3) is 1.00. The molecule has 3 fully saturated rings. The molecular formula is C23H46N4O. The van der Waals surface area contributed by atoms with Crippen LogP contribution in [0.4, 0.5) is 0 Å². The van der Waals surface area contributed by atoms with E-state index < -0.39 is 0 Å². The summed E-state index contributed by atoms with van der Waals surface area (Å²) in [7, 11) is 0. The van der Waals surface area contributed by atoms with Crippen LogP contribution in [0.2, 0.25) is 0 Å². The molecule has 3 aliphatic rings. The molecule has 0 aliphatic carbocycles. The smallest absolute Gasteiger partial charge is 0.0833 e. The first kappa shape index (κ1) is 22.5. The maximum Gasteiger partial charge on any atom is 0.0833 e. The molecule has 0 aromatic carbocycles. The molecule has 5 nitrogen and oxygen atoms in total. The minimum atomic E-state index is 0.123. The second kappa shape index (κ2) is 8.89. The third-order valence-electron chi connectivity index (χ3n) is 7.22. The van der Waals surface area contributed by atoms with Crippen molar-refractivity contribution < 1.29 is 4.74 Å². The van der Waals surface area contributed by atoms with Crippen molar-refractivity contribution >= 4 is 0 Å². The van der Waals surface area contributed by atoms with Crippen LogP contribution in [-0.4, -0.2) is 108 Å². The van der Waals surface area contributed by atoms with Crippen molar-refractivity contribution in [3.05, 3.63) is 0 Å². The molecule has 0 atom stereocenters. The van der Waals surface area contributed by atoms with Gasteiger partial charge in [0, 0.05) is 63.4 Å². The average Bonchev–Trinajstić information content (AvgIpc) is 2.61. The van der Waals surface area contributed by atoms with Crippen molar-refractivity contribution in [2.45, 2.75) is 77.5 Å². The lowest BCUT2D eigenvalue weighted by Gasteiger charge is -2.50. The topological polar surface area (TPSA) is 22.2 Å². The van der Waals surface area contributed by atoms with E-state index in [4.69, 9.17) is 4.74 Å². The molecule has 0 N–H and O–H groups in total. The summed E-state index contributed by atoms with van der Waals surface area (Å²) in [4.78, 5) is 10.6. The van der Waals surface area contributed by atoms with E-state index in [9.17, 15) is 0 Å². The van der Waals surface area contributed by atoms with Crippen LogP contribution in [-0.2, 0) is 4.74 Å². The van der Waals surface area contributed by atoms with E-state index in [0.29, 0.717) is 5.54 Å². The maximum absolute atomic E-state index is 6.35. The Morgan fingerprint density at radius 3 is 1.79 bits per heavy atom. The number of piperazine rings is 1. The van der Waals surface area contributed by atoms with E-state index in [0.717, 1.165) is 19.7 Å². The summed E-state index contributed by atoms with van der Waals surface area (Å²) in [5.41, 5.74) is 0.724. The van der Waals surface area contributed by atoms with Crippen LogP contribution >= 0.6 is 0 Å². The van der Waals surface area contributed by atoms with E-state index in [-0.39, 0.29) is 11.1 Å². The fourth-order valence-electron chi connectivity index (χ4n) is 5.16. The van der Waals surface area contributed by atoms with Crippen molar-refractivity contribution in [2.75, 3.05) is 72.1 Å². The zero-order chi connectivity index (χ0) is 20.4. The molecule has 0 unspecified atom stereocenters. The Morgan fingerprint density at radius 1 is 0.679 bits per heavy atom. The van der Waals surface area contributed by atoms with Crippen molar-refractivity contribution in [1.29, 1.82) is 0 Å². The number of likely N-dealkylation sites (tertiary alicyclic amines) is 1. The highest BCUT2D eigenvalue weighted by Crippen LogP contribution is 2.32. The van der Waals surface area contributed by atoms with E-state index in [1.54, 1.807) is 0 Å². The molecule has 5 heteroatoms. The van der Waals surface area contributed by atoms with Gasteiger partial charge in [-0.25, -0.2) is 0 Å². The SMILES string of the molecule is CC(C)(C)N1CCN(CCCN2CCOC3(CCN(C(C)(C)C)CC3)C2)CC1. The van der Waals surface area contributed by atoms with Gasteiger partial charge in [0.15, 0.2) is 0 Å². The minimum Gasteiger partial charge on any atom is -0.372 e. The summed E-state index contributed by atoms with van der Waals surface area (Å²) < 4.78 is 6.35. The third kappa shape index (κ3) is 5.91. The lowest BCUT2D eigenvalue weighted by atomic mass is 9.87. The van der Waals surface area contributed by atoms with Crippen LogP contribution in [0.1, 0.15) is 60.8 Å². The first-order chi connectivity index (χ1) is 13.1. The van der Waals surface area contributed by atoms with Crippen molar-refractivity contribution in [2.24, 2.45) is 0 Å². The lowest BCUT2D eigenvalue weighted by Crippen LogP contribution is -2.59. The molecule has 3 saturated heterocycles. The maximum atomic E-state index is 6.35. The molecule has 28 heavy (non-hydrogen) atoms. The summed E-state index contributed by atoms with van der Waals surface area (Å²) in [5.74, 6) is 0. The van der Waals surface area contributed by atoms with Crippen LogP contribution in [0.25, 0.3) is 0 Å². The molecule has 0 radical (unpaired) electrons. The van der Waals surface area contributed by atoms with E-state index in [2.05, 4.69) is 61.1 Å². The minimum absolute atomic E-state index is 0.123. The third-order valence-corrected chi connectivity index (χ3v) is 7.22. The predicted molar refractivity (Wildman–Crippen MR) is 118 cm³/mol. The van der Waals surface area contributed by atoms with Crippen molar-refractivity contribution in [3.63, 3.8) is 0 Å². The monoisotopic (exact) mass is 394 g/mol. The zero-order valence-corrected chi connectivity index (χ0v) is 19.6. The van der Waals surface area contributed by atoms with Crippen molar-refractivity contribution in [1.82, 2.24) is 19.6 Å². The number of nitrogens with zero attached hydrogens (tertiary/aromatic N) is 4. The summed E-state index contributed by atoms with van der Waals surface area (Å²) >= 11 is 0. The van der Waals surface area contributed by atoms with Gasteiger partial charge in [-0.15, -0.1) is 0 Å². The first-order valence-corrected chi connectivity index (χ1v) is 11.7. The van der Waals surface area contributed by atoms with E-state index >= 15 is 0 Å². The Hall–Kier alpha value is -0.200. The molecule has 0 amide bonds. The molecule has 3 heterocycles. The van der Waals surface area contributed by atoms with Crippen LogP contribution in [0, 0.1) is 0 Å². The predicted octanol–water partition coefficient (Wildman–Crippen LogP) is 2.76. The number of morpholine rings is 1. The highest BCUT2D eigenvalue weighted by Gasteiger charge is 2.41. The van der Waals surface area contributed by atoms with Gasteiger partial charge in [0.05, 0.1) is 12.2 Å². The molecule has 3 aliphatic heterocycles. The molecular weight excluding hydrogens is 348 g/mol. The summed E-state index contributed by atoms with van der Waals surface area (Å²) in [6.07, 6.45) is 3.67. The fourth-order valence-corrected chi connectivity index (χ4v) is 5.16. The van der Waals surface area contributed by atoms with Gasteiger partial charge >= 0.3 is 0 Å². The number of piperidine rings is 1. The summed E-state index contributed by atoms with van der Waals surface area (Å²) in [6.45, 7) is 26.9. The first-order valence-electron chi connectivity index (χ1n) is 11.7. The highest BCUT2D eigenvalue weighted by molar-refractivity contribution is 4.95. The Morgan fingerprint density at radius 2 is 1.21 bits per heavy atom. The van der Waals surface area contributed by atoms with Gasteiger partial charge in [-0.1, -0.05) is 0 Å². The van der Waals surface area contributed by atoms with Crippen LogP contribution in [0.5, 0.6) is 0 Å². The number of rotatable bonds is 4. The van der Waals surface area contributed by atoms with Crippen LogP contribution in [0.15, 0.2) is 0 Å². The van der Waals surface area contributed by atoms with Crippen LogP contribution < -0.4 is 0 Å². The molecule has 0 saturated carbocycles. The number of hydrogen-bond acceptors (Lipinski definition) is 5. The molecule has 0 bridgehead atoms. The molecule has 3 rings (SSSR count). The normalized spacial score (nSPS) is 26.8. The Bertz CT molecular complexity index is 480. The Labute approximate surface area is 174 Å². The second-order valence-corrected chi connectivity index (χ2v) is 11.3. The second-order valence-electron chi connectivity index (χ2n) is 11.3. The molecule has 1 spiro atoms. The van der Waals surface area contributed by atoms with Gasteiger partial charge in [-0.2, -0.15) is 0 Å². The zero-order valence-electron chi connectivity index (χ0n) is 19.6. The van der Waals surface area contributed by atoms with Crippen molar-refractivity contribution in [3.8, 4) is 0 Å². The Kier molecular flexibility index (Phi) is 7.14. The highest BCUT2D eigenvalue weighted by atomic mass is 16.5. The quantitative estimate of drug-likeness (QED) is 0.729. The van der Waals surface area contributed by atoms with Crippen LogP contribution in [0.3, 0.4) is 0 Å². The van der Waals surface area contributed by atoms with Gasteiger partial charge in [-0.3, -0.25) is 14.7 Å². The average molecular weight is 395 g/mol. The van der Waals surface area contributed by atoms with E-state index in [1.165, 1.54) is 71.6 Å². The number of hydrogen-bond donors (Lipinski definition) is 0. The standard InChI is InChI=1S/C23H46N4O/c1-21(2,3)26-12-8-23(9-13-26)20-25(18-19-28-23)11-7-10-24-14-16-27(17-15-24)22(4,5)6/h7-20H2,1-6H3. The molecule has 164 valence electrons. The molecule has 0 aromatic rings. The van der Waals surface area contributed by atoms with Gasteiger partial charge < -0.3 is 9.64 Å².